The molecule has 0 aromatic heterocycles. The van der Waals surface area contributed by atoms with Gasteiger partial charge in [-0.25, -0.2) is 4.79 Å². The summed E-state index contributed by atoms with van der Waals surface area (Å²) in [7, 11) is 0. The molecule has 1 aliphatic rings. The molecule has 0 spiro atoms. The van der Waals surface area contributed by atoms with Crippen LogP contribution < -0.4 is 5.43 Å². The summed E-state index contributed by atoms with van der Waals surface area (Å²) in [5, 5.41) is 13.0. The molecule has 1 saturated carbocycles. The van der Waals surface area contributed by atoms with E-state index in [0.29, 0.717) is 5.92 Å². The van der Waals surface area contributed by atoms with Gasteiger partial charge in [0, 0.05) is 5.71 Å². The van der Waals surface area contributed by atoms with Gasteiger partial charge in [-0.15, -0.1) is 0 Å². The average Bonchev–Trinajstić information content (AvgIpc) is 3.10. The van der Waals surface area contributed by atoms with Crippen LogP contribution >= 0.6 is 0 Å². The van der Waals surface area contributed by atoms with Crippen molar-refractivity contribution in [2.45, 2.75) is 19.8 Å². The molecule has 1 fully saturated rings. The minimum absolute atomic E-state index is 0.286. The summed E-state index contributed by atoms with van der Waals surface area (Å²) < 4.78 is 0. The number of carboxylic acids is 1. The molecule has 2 N–H and O–H groups in total. The summed E-state index contributed by atoms with van der Waals surface area (Å²) in [5.74, 6) is -0.269. The fourth-order valence-corrected chi connectivity index (χ4v) is 1.43. The third kappa shape index (κ3) is 2.59. The zero-order valence-corrected chi connectivity index (χ0v) is 9.10. The minimum Gasteiger partial charge on any atom is -0.478 e. The molecular formula is C12H14N2O2. The van der Waals surface area contributed by atoms with Crippen molar-refractivity contribution in [3.63, 3.8) is 0 Å². The highest BCUT2D eigenvalue weighted by molar-refractivity contribution is 5.88. The van der Waals surface area contributed by atoms with Crippen molar-refractivity contribution in [2.24, 2.45) is 11.0 Å². The molecule has 0 saturated heterocycles. The van der Waals surface area contributed by atoms with Crippen molar-refractivity contribution in [1.29, 1.82) is 0 Å². The quantitative estimate of drug-likeness (QED) is 0.603. The third-order valence-corrected chi connectivity index (χ3v) is 2.66. The molecule has 84 valence electrons. The second-order valence-corrected chi connectivity index (χ2v) is 4.02. The molecule has 0 atom stereocenters. The lowest BCUT2D eigenvalue weighted by atomic mass is 10.2. The van der Waals surface area contributed by atoms with E-state index >= 15 is 0 Å². The van der Waals surface area contributed by atoms with Gasteiger partial charge in [0.2, 0.25) is 0 Å². The highest BCUT2D eigenvalue weighted by atomic mass is 16.4. The summed E-state index contributed by atoms with van der Waals surface area (Å²) in [6.07, 6.45) is 2.46. The van der Waals surface area contributed by atoms with Crippen molar-refractivity contribution >= 4 is 17.4 Å². The Morgan fingerprint density at radius 2 is 2.00 bits per heavy atom. The standard InChI is InChI=1S/C12H14N2O2/c1-8(9-2-3-9)13-14-11-6-4-10(5-7-11)12(15)16/h4-7,9,14H,2-3H2,1H3,(H,15,16)/b13-8+. The first-order chi connectivity index (χ1) is 7.66. The first kappa shape index (κ1) is 10.7. The van der Waals surface area contributed by atoms with Crippen molar-refractivity contribution in [3.05, 3.63) is 29.8 Å². The number of hydrazone groups is 1. The van der Waals surface area contributed by atoms with E-state index < -0.39 is 5.97 Å². The van der Waals surface area contributed by atoms with Crippen LogP contribution in [0, 0.1) is 5.92 Å². The van der Waals surface area contributed by atoms with Crippen LogP contribution in [0.2, 0.25) is 0 Å². The summed E-state index contributed by atoms with van der Waals surface area (Å²) in [6.45, 7) is 2.01. The highest BCUT2D eigenvalue weighted by Gasteiger charge is 2.24. The van der Waals surface area contributed by atoms with Gasteiger partial charge in [0.25, 0.3) is 0 Å². The van der Waals surface area contributed by atoms with Crippen LogP contribution in [0.3, 0.4) is 0 Å². The van der Waals surface area contributed by atoms with Gasteiger partial charge >= 0.3 is 5.97 Å². The van der Waals surface area contributed by atoms with Crippen LogP contribution in [0.15, 0.2) is 29.4 Å². The lowest BCUT2D eigenvalue weighted by Gasteiger charge is -2.02. The summed E-state index contributed by atoms with van der Waals surface area (Å²) >= 11 is 0. The van der Waals surface area contributed by atoms with E-state index in [2.05, 4.69) is 10.5 Å². The SMILES string of the molecule is C/C(=N\Nc1ccc(C(=O)O)cc1)C1CC1. The molecule has 0 amide bonds. The van der Waals surface area contributed by atoms with Crippen molar-refractivity contribution in [2.75, 3.05) is 5.43 Å². The Morgan fingerprint density at radius 1 is 1.38 bits per heavy atom. The van der Waals surface area contributed by atoms with Crippen molar-refractivity contribution < 1.29 is 9.90 Å². The number of rotatable bonds is 4. The third-order valence-electron chi connectivity index (χ3n) is 2.66. The smallest absolute Gasteiger partial charge is 0.335 e. The van der Waals surface area contributed by atoms with Crippen molar-refractivity contribution in [1.82, 2.24) is 0 Å². The summed E-state index contributed by atoms with van der Waals surface area (Å²) in [5.41, 5.74) is 5.14. The highest BCUT2D eigenvalue weighted by Crippen LogP contribution is 2.30. The Kier molecular flexibility index (Phi) is 2.90. The van der Waals surface area contributed by atoms with Crippen LogP contribution in [0.5, 0.6) is 0 Å². The molecule has 0 unspecified atom stereocenters. The predicted molar refractivity (Wildman–Crippen MR) is 62.9 cm³/mol. The van der Waals surface area contributed by atoms with Crippen LogP contribution in [-0.2, 0) is 0 Å². The Hall–Kier alpha value is -1.84. The number of aromatic carboxylic acids is 1. The number of nitrogens with one attached hydrogen (secondary N) is 1. The van der Waals surface area contributed by atoms with E-state index in [1.54, 1.807) is 24.3 Å². The molecule has 0 heterocycles. The molecule has 1 aromatic carbocycles. The lowest BCUT2D eigenvalue weighted by molar-refractivity contribution is 0.0697. The topological polar surface area (TPSA) is 61.7 Å². The molecule has 0 radical (unpaired) electrons. The lowest BCUT2D eigenvalue weighted by Crippen LogP contribution is -2.00. The van der Waals surface area contributed by atoms with Crippen LogP contribution in [0.25, 0.3) is 0 Å². The number of anilines is 1. The monoisotopic (exact) mass is 218 g/mol. The average molecular weight is 218 g/mol. The van der Waals surface area contributed by atoms with Crippen LogP contribution in [0.4, 0.5) is 5.69 Å². The Balaban J connectivity index is 1.99. The molecule has 2 rings (SSSR count). The zero-order chi connectivity index (χ0) is 11.5. The predicted octanol–water partition coefficient (Wildman–Crippen LogP) is 2.58. The van der Waals surface area contributed by atoms with Gasteiger partial charge < -0.3 is 5.11 Å². The normalized spacial score (nSPS) is 15.9. The van der Waals surface area contributed by atoms with Gasteiger partial charge in [0.15, 0.2) is 0 Å². The van der Waals surface area contributed by atoms with E-state index in [1.165, 1.54) is 12.8 Å². The van der Waals surface area contributed by atoms with Crippen LogP contribution in [0.1, 0.15) is 30.1 Å². The van der Waals surface area contributed by atoms with E-state index in [-0.39, 0.29) is 5.56 Å². The van der Waals surface area contributed by atoms with Gasteiger partial charge in [-0.1, -0.05) is 0 Å². The number of carboxylic acid groups (broad SMARTS) is 1. The fraction of sp³-hybridized carbons (Fsp3) is 0.333. The van der Waals surface area contributed by atoms with E-state index in [9.17, 15) is 4.79 Å². The van der Waals surface area contributed by atoms with Gasteiger partial charge in [0.1, 0.15) is 0 Å². The fourth-order valence-electron chi connectivity index (χ4n) is 1.43. The van der Waals surface area contributed by atoms with E-state index in [4.69, 9.17) is 5.11 Å². The first-order valence-electron chi connectivity index (χ1n) is 5.30. The largest absolute Gasteiger partial charge is 0.478 e. The molecule has 1 aliphatic carbocycles. The Morgan fingerprint density at radius 3 is 2.50 bits per heavy atom. The maximum Gasteiger partial charge on any atom is 0.335 e. The molecule has 1 aromatic rings. The summed E-state index contributed by atoms with van der Waals surface area (Å²) in [4.78, 5) is 10.6. The van der Waals surface area contributed by atoms with Gasteiger partial charge in [-0.2, -0.15) is 5.10 Å². The second kappa shape index (κ2) is 4.35. The second-order valence-electron chi connectivity index (χ2n) is 4.02. The maximum atomic E-state index is 10.6. The molecule has 0 aliphatic heterocycles. The summed E-state index contributed by atoms with van der Waals surface area (Å²) in [6, 6.07) is 6.56. The van der Waals surface area contributed by atoms with E-state index in [1.807, 2.05) is 6.92 Å². The molecular weight excluding hydrogens is 204 g/mol. The number of hydrogen-bond donors (Lipinski definition) is 2. The maximum absolute atomic E-state index is 10.6. The molecule has 4 heteroatoms. The van der Waals surface area contributed by atoms with Crippen molar-refractivity contribution in [3.8, 4) is 0 Å². The molecule has 0 bridgehead atoms. The molecule has 16 heavy (non-hydrogen) atoms. The number of nitrogens with zero attached hydrogens (tertiary/aromatic N) is 1. The Bertz CT molecular complexity index is 419. The minimum atomic E-state index is -0.913. The van der Waals surface area contributed by atoms with Crippen LogP contribution in [-0.4, -0.2) is 16.8 Å². The van der Waals surface area contributed by atoms with Gasteiger partial charge in [0.05, 0.1) is 11.3 Å². The zero-order valence-electron chi connectivity index (χ0n) is 9.10. The number of carbonyl (C=O) groups is 1. The van der Waals surface area contributed by atoms with Gasteiger partial charge in [-0.05, 0) is 49.9 Å². The first-order valence-corrected chi connectivity index (χ1v) is 5.30. The molecule has 4 nitrogen and oxygen atoms in total. The van der Waals surface area contributed by atoms with E-state index in [0.717, 1.165) is 11.4 Å². The number of hydrogen-bond acceptors (Lipinski definition) is 3. The number of benzene rings is 1. The Labute approximate surface area is 94.0 Å². The van der Waals surface area contributed by atoms with Gasteiger partial charge in [-0.3, -0.25) is 5.43 Å².